The standard InChI is InChI=1S/C12H7Cl2N5S2/c13-6-3-7(14)10-11(19-21-18-10)9(6)17-8-2-1-5(4-16-8)12(15)20/h1-4H,(H2,15,20)(H,16,17). The maximum Gasteiger partial charge on any atom is 0.131 e. The number of rotatable bonds is 3. The lowest BCUT2D eigenvalue weighted by molar-refractivity contribution is 1.30. The highest BCUT2D eigenvalue weighted by atomic mass is 35.5. The van der Waals surface area contributed by atoms with Crippen LogP contribution in [-0.4, -0.2) is 18.7 Å². The maximum absolute atomic E-state index is 6.22. The molecule has 9 heteroatoms. The van der Waals surface area contributed by atoms with Gasteiger partial charge in [0, 0.05) is 11.8 Å². The summed E-state index contributed by atoms with van der Waals surface area (Å²) in [6.45, 7) is 0. The predicted molar refractivity (Wildman–Crippen MR) is 90.8 cm³/mol. The zero-order valence-electron chi connectivity index (χ0n) is 10.3. The molecule has 0 aliphatic heterocycles. The summed E-state index contributed by atoms with van der Waals surface area (Å²) in [6, 6.07) is 5.15. The highest BCUT2D eigenvalue weighted by Gasteiger charge is 2.14. The summed E-state index contributed by atoms with van der Waals surface area (Å²) in [5.74, 6) is 0.591. The van der Waals surface area contributed by atoms with Gasteiger partial charge < -0.3 is 11.1 Å². The Labute approximate surface area is 139 Å². The van der Waals surface area contributed by atoms with Crippen molar-refractivity contribution in [2.24, 2.45) is 5.73 Å². The van der Waals surface area contributed by atoms with E-state index < -0.39 is 0 Å². The molecule has 0 aliphatic carbocycles. The number of fused-ring (bicyclic) bond motifs is 1. The zero-order chi connectivity index (χ0) is 15.0. The molecule has 0 fully saturated rings. The minimum absolute atomic E-state index is 0.296. The molecule has 2 heterocycles. The molecule has 106 valence electrons. The van der Waals surface area contributed by atoms with Gasteiger partial charge in [0.1, 0.15) is 21.8 Å². The molecule has 21 heavy (non-hydrogen) atoms. The van der Waals surface area contributed by atoms with Gasteiger partial charge in [-0.2, -0.15) is 8.75 Å². The summed E-state index contributed by atoms with van der Waals surface area (Å²) in [4.78, 5) is 4.53. The summed E-state index contributed by atoms with van der Waals surface area (Å²) >= 11 is 18.3. The van der Waals surface area contributed by atoms with Gasteiger partial charge in [-0.1, -0.05) is 35.4 Å². The number of anilines is 2. The molecule has 3 N–H and O–H groups in total. The average Bonchev–Trinajstić information content (AvgIpc) is 2.93. The Kier molecular flexibility index (Phi) is 3.90. The first-order valence-corrected chi connectivity index (χ1v) is 7.59. The van der Waals surface area contributed by atoms with E-state index in [9.17, 15) is 0 Å². The molecule has 0 bridgehead atoms. The molecule has 3 aromatic rings. The van der Waals surface area contributed by atoms with Crippen LogP contribution in [0.5, 0.6) is 0 Å². The Balaban J connectivity index is 2.01. The van der Waals surface area contributed by atoms with E-state index in [2.05, 4.69) is 19.0 Å². The van der Waals surface area contributed by atoms with E-state index in [1.807, 2.05) is 0 Å². The van der Waals surface area contributed by atoms with E-state index in [0.717, 1.165) is 11.7 Å². The number of nitrogens with one attached hydrogen (secondary N) is 1. The first-order chi connectivity index (χ1) is 10.1. The number of nitrogens with two attached hydrogens (primary N) is 1. The molecule has 0 saturated heterocycles. The fraction of sp³-hybridized carbons (Fsp3) is 0. The Bertz CT molecular complexity index is 832. The molecule has 0 atom stereocenters. The number of nitrogens with zero attached hydrogens (tertiary/aromatic N) is 3. The van der Waals surface area contributed by atoms with E-state index in [1.54, 1.807) is 24.4 Å². The fourth-order valence-electron chi connectivity index (χ4n) is 1.73. The summed E-state index contributed by atoms with van der Waals surface area (Å²) < 4.78 is 8.36. The Hall–Kier alpha value is -1.54. The van der Waals surface area contributed by atoms with Crippen LogP contribution in [0.15, 0.2) is 24.4 Å². The molecule has 0 aliphatic rings. The second kappa shape index (κ2) is 5.69. The minimum atomic E-state index is 0.296. The third-order valence-corrected chi connectivity index (χ3v) is 4.10. The van der Waals surface area contributed by atoms with Gasteiger partial charge in [0.25, 0.3) is 0 Å². The number of thiocarbonyl (C=S) groups is 1. The van der Waals surface area contributed by atoms with Crippen LogP contribution in [-0.2, 0) is 0 Å². The molecule has 0 amide bonds. The van der Waals surface area contributed by atoms with E-state index in [4.69, 9.17) is 41.2 Å². The monoisotopic (exact) mass is 355 g/mol. The van der Waals surface area contributed by atoms with E-state index in [1.165, 1.54) is 0 Å². The molecule has 0 radical (unpaired) electrons. The van der Waals surface area contributed by atoms with Crippen molar-refractivity contribution in [1.82, 2.24) is 13.7 Å². The van der Waals surface area contributed by atoms with Crippen LogP contribution in [0.25, 0.3) is 11.0 Å². The SMILES string of the molecule is NC(=S)c1ccc(Nc2c(Cl)cc(Cl)c3nsnc23)nc1. The number of halogens is 2. The molecule has 5 nitrogen and oxygen atoms in total. The quantitative estimate of drug-likeness (QED) is 0.696. The Morgan fingerprint density at radius 2 is 1.95 bits per heavy atom. The molecule has 0 unspecified atom stereocenters. The largest absolute Gasteiger partial charge is 0.389 e. The molecule has 2 aromatic heterocycles. The minimum Gasteiger partial charge on any atom is -0.389 e. The topological polar surface area (TPSA) is 76.7 Å². The summed E-state index contributed by atoms with van der Waals surface area (Å²) in [5, 5.41) is 4.02. The lowest BCUT2D eigenvalue weighted by Crippen LogP contribution is -2.09. The summed E-state index contributed by atoms with van der Waals surface area (Å²) in [7, 11) is 0. The van der Waals surface area contributed by atoms with Crippen LogP contribution in [0.1, 0.15) is 5.56 Å². The number of benzene rings is 1. The van der Waals surface area contributed by atoms with Crippen molar-refractivity contribution in [1.29, 1.82) is 0 Å². The third kappa shape index (κ3) is 2.77. The van der Waals surface area contributed by atoms with Gasteiger partial charge in [-0.25, -0.2) is 4.98 Å². The van der Waals surface area contributed by atoms with Crippen molar-refractivity contribution in [3.8, 4) is 0 Å². The molecule has 0 spiro atoms. The van der Waals surface area contributed by atoms with Gasteiger partial charge in [0.05, 0.1) is 27.5 Å². The van der Waals surface area contributed by atoms with E-state index >= 15 is 0 Å². The third-order valence-electron chi connectivity index (χ3n) is 2.74. The maximum atomic E-state index is 6.22. The Morgan fingerprint density at radius 3 is 2.62 bits per heavy atom. The zero-order valence-corrected chi connectivity index (χ0v) is 13.4. The van der Waals surface area contributed by atoms with Gasteiger partial charge >= 0.3 is 0 Å². The normalized spacial score (nSPS) is 10.8. The number of hydrogen-bond donors (Lipinski definition) is 2. The fourth-order valence-corrected chi connectivity index (χ4v) is 3.01. The number of hydrogen-bond acceptors (Lipinski definition) is 6. The van der Waals surface area contributed by atoms with Crippen molar-refractivity contribution in [3.63, 3.8) is 0 Å². The van der Waals surface area contributed by atoms with E-state index in [-0.39, 0.29) is 0 Å². The molecular weight excluding hydrogens is 349 g/mol. The van der Waals surface area contributed by atoms with Crippen LogP contribution in [0.3, 0.4) is 0 Å². The lowest BCUT2D eigenvalue weighted by Gasteiger charge is -2.09. The second-order valence-corrected chi connectivity index (χ2v) is 5.88. The highest BCUT2D eigenvalue weighted by molar-refractivity contribution is 7.80. The summed E-state index contributed by atoms with van der Waals surface area (Å²) in [5.41, 5.74) is 8.05. The number of pyridine rings is 1. The lowest BCUT2D eigenvalue weighted by atomic mass is 10.2. The first kappa shape index (κ1) is 14.4. The predicted octanol–water partition coefficient (Wildman–Crippen LogP) is 3.77. The van der Waals surface area contributed by atoms with Crippen LogP contribution in [0.2, 0.25) is 10.0 Å². The molecule has 1 aromatic carbocycles. The average molecular weight is 356 g/mol. The van der Waals surface area contributed by atoms with Crippen molar-refractivity contribution in [2.45, 2.75) is 0 Å². The molecule has 3 rings (SSSR count). The number of aromatic nitrogens is 3. The Morgan fingerprint density at radius 1 is 1.19 bits per heavy atom. The summed E-state index contributed by atoms with van der Waals surface area (Å²) in [6.07, 6.45) is 1.59. The van der Waals surface area contributed by atoms with Crippen molar-refractivity contribution in [3.05, 3.63) is 40.0 Å². The molecular formula is C12H7Cl2N5S2. The smallest absolute Gasteiger partial charge is 0.131 e. The van der Waals surface area contributed by atoms with Crippen LogP contribution >= 0.6 is 47.1 Å². The van der Waals surface area contributed by atoms with Crippen LogP contribution in [0.4, 0.5) is 11.5 Å². The van der Waals surface area contributed by atoms with Gasteiger partial charge in [-0.15, -0.1) is 0 Å². The van der Waals surface area contributed by atoms with Crippen molar-refractivity contribution < 1.29 is 0 Å². The first-order valence-electron chi connectivity index (χ1n) is 5.69. The van der Waals surface area contributed by atoms with Crippen molar-refractivity contribution in [2.75, 3.05) is 5.32 Å². The highest BCUT2D eigenvalue weighted by Crippen LogP contribution is 2.36. The molecule has 0 saturated carbocycles. The van der Waals surface area contributed by atoms with Gasteiger partial charge in [-0.05, 0) is 18.2 Å². The van der Waals surface area contributed by atoms with Gasteiger partial charge in [0.15, 0.2) is 0 Å². The second-order valence-electron chi connectivity index (χ2n) is 4.10. The van der Waals surface area contributed by atoms with Crippen molar-refractivity contribution >= 4 is 74.7 Å². The van der Waals surface area contributed by atoms with Crippen LogP contribution in [0, 0.1) is 0 Å². The van der Waals surface area contributed by atoms with Crippen LogP contribution < -0.4 is 11.1 Å². The van der Waals surface area contributed by atoms with E-state index in [0.29, 0.717) is 43.1 Å². The van der Waals surface area contributed by atoms with Gasteiger partial charge in [-0.3, -0.25) is 0 Å². The van der Waals surface area contributed by atoms with Gasteiger partial charge in [0.2, 0.25) is 0 Å².